The minimum Gasteiger partial charge on any atom is -0.325 e. The zero-order chi connectivity index (χ0) is 15.6. The second-order valence-corrected chi connectivity index (χ2v) is 6.42. The summed E-state index contributed by atoms with van der Waals surface area (Å²) in [5.41, 5.74) is 3.86. The molecule has 0 radical (unpaired) electrons. The van der Waals surface area contributed by atoms with Gasteiger partial charge in [-0.05, 0) is 30.0 Å². The topological polar surface area (TPSA) is 46.9 Å². The molecular weight excluding hydrogens is 262 g/mol. The number of para-hydroxylation sites is 1. The van der Waals surface area contributed by atoms with Crippen LogP contribution in [0.15, 0.2) is 30.3 Å². The lowest BCUT2D eigenvalue weighted by Gasteiger charge is -2.23. The fourth-order valence-electron chi connectivity index (χ4n) is 2.43. The highest BCUT2D eigenvalue weighted by atomic mass is 16.1. The van der Waals surface area contributed by atoms with Crippen molar-refractivity contribution < 1.29 is 4.79 Å². The average molecular weight is 285 g/mol. The molecular formula is C17H23N3O. The van der Waals surface area contributed by atoms with Gasteiger partial charge in [0.05, 0.1) is 12.1 Å². The lowest BCUT2D eigenvalue weighted by atomic mass is 9.86. The highest BCUT2D eigenvalue weighted by Crippen LogP contribution is 2.29. The van der Waals surface area contributed by atoms with Gasteiger partial charge in [0, 0.05) is 18.4 Å². The minimum atomic E-state index is -0.0188. The molecule has 0 fully saturated rings. The molecule has 2 rings (SSSR count). The lowest BCUT2D eigenvalue weighted by molar-refractivity contribution is -0.115. The number of hydrogen-bond donors (Lipinski definition) is 1. The van der Waals surface area contributed by atoms with Gasteiger partial charge in [-0.3, -0.25) is 9.48 Å². The molecule has 1 amide bonds. The Morgan fingerprint density at radius 1 is 1.29 bits per heavy atom. The summed E-state index contributed by atoms with van der Waals surface area (Å²) in [5, 5.41) is 7.29. The molecule has 1 aromatic carbocycles. The van der Waals surface area contributed by atoms with Gasteiger partial charge in [-0.2, -0.15) is 5.10 Å². The first-order valence-corrected chi connectivity index (χ1v) is 7.16. The van der Waals surface area contributed by atoms with Gasteiger partial charge in [0.15, 0.2) is 0 Å². The van der Waals surface area contributed by atoms with Crippen molar-refractivity contribution in [2.24, 2.45) is 7.05 Å². The van der Waals surface area contributed by atoms with E-state index in [1.807, 2.05) is 38.2 Å². The molecule has 0 atom stereocenters. The number of amides is 1. The van der Waals surface area contributed by atoms with Crippen molar-refractivity contribution in [3.05, 3.63) is 47.3 Å². The van der Waals surface area contributed by atoms with Gasteiger partial charge in [0.25, 0.3) is 0 Å². The van der Waals surface area contributed by atoms with Crippen LogP contribution in [0.5, 0.6) is 0 Å². The summed E-state index contributed by atoms with van der Waals surface area (Å²) in [4.78, 5) is 12.3. The molecule has 1 N–H and O–H groups in total. The maximum Gasteiger partial charge on any atom is 0.230 e. The molecule has 0 saturated carbocycles. The highest BCUT2D eigenvalue weighted by molar-refractivity contribution is 5.93. The number of carbonyl (C=O) groups is 1. The minimum absolute atomic E-state index is 0.00695. The highest BCUT2D eigenvalue weighted by Gasteiger charge is 2.19. The van der Waals surface area contributed by atoms with Crippen molar-refractivity contribution in [3.8, 4) is 0 Å². The van der Waals surface area contributed by atoms with Crippen LogP contribution in [0.4, 0.5) is 5.69 Å². The van der Waals surface area contributed by atoms with E-state index in [1.54, 1.807) is 4.68 Å². The molecule has 0 bridgehead atoms. The summed E-state index contributed by atoms with van der Waals surface area (Å²) in [5.74, 6) is -0.0188. The summed E-state index contributed by atoms with van der Waals surface area (Å²) < 4.78 is 1.75. The van der Waals surface area contributed by atoms with Crippen LogP contribution in [0, 0.1) is 6.92 Å². The van der Waals surface area contributed by atoms with Gasteiger partial charge < -0.3 is 5.32 Å². The number of nitrogens with zero attached hydrogens (tertiary/aromatic N) is 2. The van der Waals surface area contributed by atoms with Crippen LogP contribution in [0.1, 0.15) is 37.7 Å². The Bertz CT molecular complexity index is 650. The van der Waals surface area contributed by atoms with E-state index in [9.17, 15) is 4.79 Å². The molecule has 1 aromatic heterocycles. The van der Waals surface area contributed by atoms with Gasteiger partial charge >= 0.3 is 0 Å². The first-order chi connectivity index (χ1) is 9.77. The number of carbonyl (C=O) groups excluding carboxylic acids is 1. The van der Waals surface area contributed by atoms with E-state index < -0.39 is 0 Å². The predicted octanol–water partition coefficient (Wildman–Crippen LogP) is 3.21. The van der Waals surface area contributed by atoms with E-state index in [0.29, 0.717) is 6.42 Å². The number of anilines is 1. The first kappa shape index (κ1) is 15.3. The van der Waals surface area contributed by atoms with E-state index in [0.717, 1.165) is 22.6 Å². The van der Waals surface area contributed by atoms with Gasteiger partial charge in [-0.25, -0.2) is 0 Å². The number of rotatable bonds is 3. The maximum absolute atomic E-state index is 12.3. The largest absolute Gasteiger partial charge is 0.325 e. The van der Waals surface area contributed by atoms with E-state index >= 15 is 0 Å². The molecule has 2 aromatic rings. The molecule has 0 aliphatic rings. The Hall–Kier alpha value is -2.10. The number of aryl methyl sites for hydroxylation is 2. The number of benzene rings is 1. The van der Waals surface area contributed by atoms with Crippen molar-refractivity contribution in [2.75, 3.05) is 5.32 Å². The molecule has 1 heterocycles. The number of hydrogen-bond acceptors (Lipinski definition) is 2. The van der Waals surface area contributed by atoms with Gasteiger partial charge in [-0.15, -0.1) is 0 Å². The summed E-state index contributed by atoms with van der Waals surface area (Å²) in [6.45, 7) is 8.35. The summed E-state index contributed by atoms with van der Waals surface area (Å²) in [6, 6.07) is 9.89. The Labute approximate surface area is 126 Å². The third kappa shape index (κ3) is 3.72. The van der Waals surface area contributed by atoms with E-state index in [1.165, 1.54) is 0 Å². The third-order valence-electron chi connectivity index (χ3n) is 3.45. The Morgan fingerprint density at radius 3 is 2.52 bits per heavy atom. The molecule has 0 aliphatic heterocycles. The predicted molar refractivity (Wildman–Crippen MR) is 85.4 cm³/mol. The van der Waals surface area contributed by atoms with E-state index in [-0.39, 0.29) is 11.3 Å². The molecule has 0 unspecified atom stereocenters. The van der Waals surface area contributed by atoms with Crippen LogP contribution in [0.3, 0.4) is 0 Å². The van der Waals surface area contributed by atoms with Crippen molar-refractivity contribution in [2.45, 2.75) is 39.5 Å². The third-order valence-corrected chi connectivity index (χ3v) is 3.45. The Kier molecular flexibility index (Phi) is 4.16. The average Bonchev–Trinajstić information content (AvgIpc) is 2.67. The first-order valence-electron chi connectivity index (χ1n) is 7.16. The summed E-state index contributed by atoms with van der Waals surface area (Å²) in [6.07, 6.45) is 0.329. The molecule has 4 heteroatoms. The second kappa shape index (κ2) is 5.72. The fraction of sp³-hybridized carbons (Fsp3) is 0.412. The van der Waals surface area contributed by atoms with E-state index in [2.05, 4.69) is 37.3 Å². The van der Waals surface area contributed by atoms with E-state index in [4.69, 9.17) is 0 Å². The second-order valence-electron chi connectivity index (χ2n) is 6.42. The molecule has 0 spiro atoms. The van der Waals surface area contributed by atoms with Crippen LogP contribution in [-0.4, -0.2) is 15.7 Å². The van der Waals surface area contributed by atoms with Gasteiger partial charge in [0.2, 0.25) is 5.91 Å². The van der Waals surface area contributed by atoms with Crippen LogP contribution >= 0.6 is 0 Å². The van der Waals surface area contributed by atoms with Crippen LogP contribution in [0.25, 0.3) is 0 Å². The lowest BCUT2D eigenvalue weighted by Crippen LogP contribution is -2.20. The quantitative estimate of drug-likeness (QED) is 0.941. The SMILES string of the molecule is Cc1cc(CC(=O)Nc2ccccc2C(C)(C)C)n(C)n1. The molecule has 112 valence electrons. The van der Waals surface area contributed by atoms with Gasteiger partial charge in [-0.1, -0.05) is 39.0 Å². The van der Waals surface area contributed by atoms with Crippen molar-refractivity contribution in [1.82, 2.24) is 9.78 Å². The molecule has 0 aliphatic carbocycles. The standard InChI is InChI=1S/C17H23N3O/c1-12-10-13(20(5)19-12)11-16(21)18-15-9-7-6-8-14(15)17(2,3)4/h6-10H,11H2,1-5H3,(H,18,21). The Balaban J connectivity index is 2.15. The monoisotopic (exact) mass is 285 g/mol. The number of nitrogens with one attached hydrogen (secondary N) is 1. The molecule has 21 heavy (non-hydrogen) atoms. The number of aromatic nitrogens is 2. The molecule has 0 saturated heterocycles. The van der Waals surface area contributed by atoms with Crippen molar-refractivity contribution >= 4 is 11.6 Å². The van der Waals surface area contributed by atoms with Crippen molar-refractivity contribution in [3.63, 3.8) is 0 Å². The van der Waals surface area contributed by atoms with Crippen LogP contribution in [0.2, 0.25) is 0 Å². The zero-order valence-corrected chi connectivity index (χ0v) is 13.4. The smallest absolute Gasteiger partial charge is 0.230 e. The Morgan fingerprint density at radius 2 is 1.95 bits per heavy atom. The zero-order valence-electron chi connectivity index (χ0n) is 13.4. The van der Waals surface area contributed by atoms with Crippen LogP contribution < -0.4 is 5.32 Å². The normalized spacial score (nSPS) is 11.5. The molecule has 4 nitrogen and oxygen atoms in total. The maximum atomic E-state index is 12.3. The summed E-state index contributed by atoms with van der Waals surface area (Å²) >= 11 is 0. The van der Waals surface area contributed by atoms with Crippen LogP contribution in [-0.2, 0) is 23.7 Å². The summed E-state index contributed by atoms with van der Waals surface area (Å²) in [7, 11) is 1.86. The van der Waals surface area contributed by atoms with Gasteiger partial charge in [0.1, 0.15) is 0 Å². The fourth-order valence-corrected chi connectivity index (χ4v) is 2.43. The van der Waals surface area contributed by atoms with Crippen molar-refractivity contribution in [1.29, 1.82) is 0 Å².